The predicted octanol–water partition coefficient (Wildman–Crippen LogP) is 1.24. The van der Waals surface area contributed by atoms with Crippen molar-refractivity contribution in [1.82, 2.24) is 10.2 Å². The topological polar surface area (TPSA) is 24.5 Å². The molecule has 2 aliphatic heterocycles. The number of likely N-dealkylation sites (tertiary alicyclic amines) is 1. The van der Waals surface area contributed by atoms with Crippen LogP contribution in [0, 0.1) is 0 Å². The van der Waals surface area contributed by atoms with Crippen LogP contribution in [0.2, 0.25) is 0 Å². The average molecular weight is 212 g/mol. The van der Waals surface area contributed by atoms with Gasteiger partial charge in [0.2, 0.25) is 0 Å². The standard InChI is InChI=1S/C12H24N2O/c1-9-6-12(7-10(2)15-9)13-11-4-5-14(3)8-11/h9-13H,4-8H2,1-3H3/t9-,10+,11-,12?/m0/s1. The molecule has 1 N–H and O–H groups in total. The summed E-state index contributed by atoms with van der Waals surface area (Å²) in [5.41, 5.74) is 0. The molecule has 0 saturated carbocycles. The molecule has 2 heterocycles. The van der Waals surface area contributed by atoms with Gasteiger partial charge in [-0.1, -0.05) is 0 Å². The molecule has 2 rings (SSSR count). The van der Waals surface area contributed by atoms with Crippen molar-refractivity contribution in [2.75, 3.05) is 20.1 Å². The summed E-state index contributed by atoms with van der Waals surface area (Å²) in [6.45, 7) is 6.82. The maximum Gasteiger partial charge on any atom is 0.0565 e. The molecule has 0 radical (unpaired) electrons. The molecule has 88 valence electrons. The smallest absolute Gasteiger partial charge is 0.0565 e. The summed E-state index contributed by atoms with van der Waals surface area (Å²) < 4.78 is 5.75. The van der Waals surface area contributed by atoms with E-state index in [0.717, 1.165) is 0 Å². The van der Waals surface area contributed by atoms with Gasteiger partial charge in [-0.05, 0) is 46.7 Å². The highest BCUT2D eigenvalue weighted by molar-refractivity contribution is 4.86. The minimum atomic E-state index is 0.422. The van der Waals surface area contributed by atoms with Gasteiger partial charge < -0.3 is 15.0 Å². The van der Waals surface area contributed by atoms with Gasteiger partial charge in [0, 0.05) is 18.6 Å². The minimum Gasteiger partial charge on any atom is -0.375 e. The summed E-state index contributed by atoms with van der Waals surface area (Å²) in [7, 11) is 2.21. The van der Waals surface area contributed by atoms with Crippen LogP contribution in [-0.4, -0.2) is 49.3 Å². The maximum absolute atomic E-state index is 5.75. The molecular formula is C12H24N2O. The lowest BCUT2D eigenvalue weighted by molar-refractivity contribution is -0.0433. The van der Waals surface area contributed by atoms with E-state index in [1.807, 2.05) is 0 Å². The first-order chi connectivity index (χ1) is 7.13. The third-order valence-corrected chi connectivity index (χ3v) is 3.56. The fourth-order valence-electron chi connectivity index (χ4n) is 2.95. The van der Waals surface area contributed by atoms with Crippen LogP contribution in [0.15, 0.2) is 0 Å². The highest BCUT2D eigenvalue weighted by Crippen LogP contribution is 2.20. The molecule has 2 fully saturated rings. The van der Waals surface area contributed by atoms with Gasteiger partial charge in [-0.3, -0.25) is 0 Å². The summed E-state index contributed by atoms with van der Waals surface area (Å²) in [5, 5.41) is 3.79. The predicted molar refractivity (Wildman–Crippen MR) is 62.1 cm³/mol. The molecule has 0 aromatic carbocycles. The molecule has 4 atom stereocenters. The lowest BCUT2D eigenvalue weighted by atomic mass is 9.99. The Morgan fingerprint density at radius 2 is 1.80 bits per heavy atom. The van der Waals surface area contributed by atoms with Gasteiger partial charge in [-0.2, -0.15) is 0 Å². The molecule has 3 nitrogen and oxygen atoms in total. The van der Waals surface area contributed by atoms with Crippen LogP contribution in [0.1, 0.15) is 33.1 Å². The fourth-order valence-corrected chi connectivity index (χ4v) is 2.95. The Hall–Kier alpha value is -0.120. The van der Waals surface area contributed by atoms with Crippen LogP contribution in [0.3, 0.4) is 0 Å². The van der Waals surface area contributed by atoms with Crippen LogP contribution < -0.4 is 5.32 Å². The Labute approximate surface area is 93.2 Å². The van der Waals surface area contributed by atoms with Gasteiger partial charge in [-0.15, -0.1) is 0 Å². The van der Waals surface area contributed by atoms with Gasteiger partial charge in [0.15, 0.2) is 0 Å². The van der Waals surface area contributed by atoms with Crippen molar-refractivity contribution in [3.05, 3.63) is 0 Å². The monoisotopic (exact) mass is 212 g/mol. The fraction of sp³-hybridized carbons (Fsp3) is 1.00. The van der Waals surface area contributed by atoms with Crippen molar-refractivity contribution in [3.8, 4) is 0 Å². The van der Waals surface area contributed by atoms with E-state index in [-0.39, 0.29) is 0 Å². The molecule has 2 saturated heterocycles. The van der Waals surface area contributed by atoms with E-state index in [1.54, 1.807) is 0 Å². The molecule has 2 aliphatic rings. The van der Waals surface area contributed by atoms with Gasteiger partial charge in [-0.25, -0.2) is 0 Å². The first-order valence-electron chi connectivity index (χ1n) is 6.23. The maximum atomic E-state index is 5.75. The molecule has 0 amide bonds. The number of likely N-dealkylation sites (N-methyl/N-ethyl adjacent to an activating group) is 1. The van der Waals surface area contributed by atoms with E-state index in [9.17, 15) is 0 Å². The van der Waals surface area contributed by atoms with Crippen molar-refractivity contribution in [1.29, 1.82) is 0 Å². The van der Waals surface area contributed by atoms with Crippen LogP contribution in [0.4, 0.5) is 0 Å². The van der Waals surface area contributed by atoms with E-state index in [4.69, 9.17) is 4.74 Å². The van der Waals surface area contributed by atoms with Gasteiger partial charge in [0.25, 0.3) is 0 Å². The van der Waals surface area contributed by atoms with E-state index in [2.05, 4.69) is 31.1 Å². The summed E-state index contributed by atoms with van der Waals surface area (Å²) in [4.78, 5) is 2.41. The zero-order valence-corrected chi connectivity index (χ0v) is 10.2. The molecular weight excluding hydrogens is 188 g/mol. The van der Waals surface area contributed by atoms with Crippen LogP contribution in [0.25, 0.3) is 0 Å². The minimum absolute atomic E-state index is 0.422. The number of rotatable bonds is 2. The van der Waals surface area contributed by atoms with Crippen molar-refractivity contribution >= 4 is 0 Å². The van der Waals surface area contributed by atoms with Crippen LogP contribution >= 0.6 is 0 Å². The lowest BCUT2D eigenvalue weighted by Gasteiger charge is -2.34. The number of hydrogen-bond acceptors (Lipinski definition) is 3. The summed E-state index contributed by atoms with van der Waals surface area (Å²) in [5.74, 6) is 0. The molecule has 0 spiro atoms. The molecule has 0 aromatic heterocycles. The highest BCUT2D eigenvalue weighted by Gasteiger charge is 2.28. The van der Waals surface area contributed by atoms with Crippen molar-refractivity contribution in [3.63, 3.8) is 0 Å². The normalized spacial score (nSPS) is 43.4. The highest BCUT2D eigenvalue weighted by atomic mass is 16.5. The van der Waals surface area contributed by atoms with E-state index >= 15 is 0 Å². The van der Waals surface area contributed by atoms with Gasteiger partial charge >= 0.3 is 0 Å². The Balaban J connectivity index is 1.78. The van der Waals surface area contributed by atoms with Crippen molar-refractivity contribution in [2.24, 2.45) is 0 Å². The second-order valence-corrected chi connectivity index (χ2v) is 5.34. The van der Waals surface area contributed by atoms with Gasteiger partial charge in [0.05, 0.1) is 12.2 Å². The number of nitrogens with one attached hydrogen (secondary N) is 1. The van der Waals surface area contributed by atoms with Crippen LogP contribution in [0.5, 0.6) is 0 Å². The van der Waals surface area contributed by atoms with E-state index < -0.39 is 0 Å². The third-order valence-electron chi connectivity index (χ3n) is 3.56. The van der Waals surface area contributed by atoms with Crippen LogP contribution in [-0.2, 0) is 4.74 Å². The summed E-state index contributed by atoms with van der Waals surface area (Å²) >= 11 is 0. The average Bonchev–Trinajstić information content (AvgIpc) is 2.49. The van der Waals surface area contributed by atoms with Crippen molar-refractivity contribution in [2.45, 2.75) is 57.4 Å². The Morgan fingerprint density at radius 1 is 1.13 bits per heavy atom. The quantitative estimate of drug-likeness (QED) is 0.745. The SMILES string of the molecule is C[C@@H]1CC(N[C@H]2CCN(C)C2)C[C@H](C)O1. The molecule has 3 heteroatoms. The Kier molecular flexibility index (Phi) is 3.65. The number of hydrogen-bond donors (Lipinski definition) is 1. The molecule has 0 aromatic rings. The molecule has 0 bridgehead atoms. The first kappa shape index (κ1) is 11.4. The first-order valence-corrected chi connectivity index (χ1v) is 6.23. The molecule has 1 unspecified atom stereocenters. The third kappa shape index (κ3) is 3.16. The zero-order valence-electron chi connectivity index (χ0n) is 10.2. The summed E-state index contributed by atoms with van der Waals surface area (Å²) in [6.07, 6.45) is 4.49. The zero-order chi connectivity index (χ0) is 10.8. The number of nitrogens with zero attached hydrogens (tertiary/aromatic N) is 1. The Bertz CT molecular complexity index is 200. The lowest BCUT2D eigenvalue weighted by Crippen LogP contribution is -2.46. The van der Waals surface area contributed by atoms with Gasteiger partial charge in [0.1, 0.15) is 0 Å². The van der Waals surface area contributed by atoms with Crippen molar-refractivity contribution < 1.29 is 4.74 Å². The molecule has 15 heavy (non-hydrogen) atoms. The molecule has 0 aliphatic carbocycles. The van der Waals surface area contributed by atoms with E-state index in [1.165, 1.54) is 32.4 Å². The van der Waals surface area contributed by atoms with E-state index in [0.29, 0.717) is 24.3 Å². The summed E-state index contributed by atoms with van der Waals surface area (Å²) in [6, 6.07) is 1.37. The second kappa shape index (κ2) is 4.81. The largest absolute Gasteiger partial charge is 0.375 e. The second-order valence-electron chi connectivity index (χ2n) is 5.34. The number of ether oxygens (including phenoxy) is 1. The Morgan fingerprint density at radius 3 is 2.33 bits per heavy atom.